The molecule has 0 bridgehead atoms. The molecule has 0 saturated carbocycles. The topological polar surface area (TPSA) is 76.5 Å². The maximum atomic E-state index is 13.1. The van der Waals surface area contributed by atoms with Crippen LogP contribution in [0.1, 0.15) is 0 Å². The average Bonchev–Trinajstić information content (AvgIpc) is 2.17. The lowest BCUT2D eigenvalue weighted by molar-refractivity contribution is 0.465. The number of nitrogens with two attached hydrogens (primary N) is 1. The van der Waals surface area contributed by atoms with E-state index in [1.54, 1.807) is 0 Å². The molecule has 6 heteroatoms. The summed E-state index contributed by atoms with van der Waals surface area (Å²) < 4.78 is 30.4. The van der Waals surface area contributed by atoms with E-state index in [1.807, 2.05) is 0 Å². The molecule has 1 aromatic heterocycles. The molecule has 0 aliphatic rings. The van der Waals surface area contributed by atoms with Crippen molar-refractivity contribution in [2.45, 2.75) is 0 Å². The summed E-state index contributed by atoms with van der Waals surface area (Å²) in [6.07, 6.45) is 0. The Morgan fingerprint density at radius 3 is 2.67 bits per heavy atom. The van der Waals surface area contributed by atoms with E-state index >= 15 is 0 Å². The predicted octanol–water partition coefficient (Wildman–Crippen LogP) is 1.36. The van der Waals surface area contributed by atoms with Crippen molar-refractivity contribution in [3.05, 3.63) is 34.2 Å². The summed E-state index contributed by atoms with van der Waals surface area (Å²) in [6, 6.07) is 1.37. The monoisotopic (exact) mass is 213 g/mol. The van der Waals surface area contributed by atoms with Gasteiger partial charge < -0.3 is 15.3 Å². The van der Waals surface area contributed by atoms with E-state index in [0.717, 1.165) is 6.07 Å². The quantitative estimate of drug-likeness (QED) is 0.648. The van der Waals surface area contributed by atoms with Crippen molar-refractivity contribution < 1.29 is 18.3 Å². The first-order valence-corrected chi connectivity index (χ1v) is 3.91. The van der Waals surface area contributed by atoms with Gasteiger partial charge in [-0.2, -0.15) is 0 Å². The highest BCUT2D eigenvalue weighted by Gasteiger charge is 2.15. The Kier molecular flexibility index (Phi) is 1.85. The lowest BCUT2D eigenvalue weighted by Gasteiger charge is -2.02. The van der Waals surface area contributed by atoms with E-state index in [4.69, 9.17) is 5.73 Å². The number of halogens is 2. The Hall–Kier alpha value is -2.11. The molecule has 0 radical (unpaired) electrons. The van der Waals surface area contributed by atoms with Gasteiger partial charge in [0.15, 0.2) is 22.8 Å². The van der Waals surface area contributed by atoms with Crippen molar-refractivity contribution in [3.8, 4) is 5.75 Å². The second kappa shape index (κ2) is 2.94. The molecule has 0 unspecified atom stereocenters. The molecule has 0 saturated heterocycles. The zero-order valence-electron chi connectivity index (χ0n) is 7.25. The molecule has 78 valence electrons. The normalized spacial score (nSPS) is 10.8. The molecule has 1 aromatic carbocycles. The summed E-state index contributed by atoms with van der Waals surface area (Å²) in [7, 11) is 0. The molecule has 0 amide bonds. The second-order valence-corrected chi connectivity index (χ2v) is 2.92. The summed E-state index contributed by atoms with van der Waals surface area (Å²) in [4.78, 5) is 11.0. The minimum Gasteiger partial charge on any atom is -0.505 e. The Labute approximate surface area is 81.5 Å². The molecule has 2 aromatic rings. The van der Waals surface area contributed by atoms with Crippen LogP contribution in [0.15, 0.2) is 21.3 Å². The standard InChI is InChI=1S/C9H5F2NO3/c10-3-1-4-7(13)6(12)9(14)15-8(4)5(11)2-3/h1-2,13H,12H2. The van der Waals surface area contributed by atoms with Gasteiger partial charge in [0.25, 0.3) is 0 Å². The van der Waals surface area contributed by atoms with Gasteiger partial charge in [-0.3, -0.25) is 0 Å². The van der Waals surface area contributed by atoms with E-state index in [-0.39, 0.29) is 5.39 Å². The first-order valence-electron chi connectivity index (χ1n) is 3.91. The molecule has 1 heterocycles. The largest absolute Gasteiger partial charge is 0.505 e. The van der Waals surface area contributed by atoms with Crippen LogP contribution in [-0.4, -0.2) is 5.11 Å². The summed E-state index contributed by atoms with van der Waals surface area (Å²) >= 11 is 0. The van der Waals surface area contributed by atoms with E-state index in [2.05, 4.69) is 4.42 Å². The zero-order chi connectivity index (χ0) is 11.2. The molecule has 15 heavy (non-hydrogen) atoms. The molecule has 0 aliphatic carbocycles. The molecular weight excluding hydrogens is 208 g/mol. The van der Waals surface area contributed by atoms with Crippen LogP contribution in [0.3, 0.4) is 0 Å². The van der Waals surface area contributed by atoms with Gasteiger partial charge in [-0.25, -0.2) is 13.6 Å². The fourth-order valence-corrected chi connectivity index (χ4v) is 1.23. The number of hydrogen-bond acceptors (Lipinski definition) is 4. The lowest BCUT2D eigenvalue weighted by Crippen LogP contribution is -2.07. The second-order valence-electron chi connectivity index (χ2n) is 2.92. The molecular formula is C9H5F2NO3. The molecule has 0 aliphatic heterocycles. The minimum absolute atomic E-state index is 0.274. The smallest absolute Gasteiger partial charge is 0.363 e. The third-order valence-electron chi connectivity index (χ3n) is 1.93. The highest BCUT2D eigenvalue weighted by atomic mass is 19.1. The van der Waals surface area contributed by atoms with Gasteiger partial charge in [0.05, 0.1) is 5.39 Å². The van der Waals surface area contributed by atoms with Gasteiger partial charge in [0.2, 0.25) is 0 Å². The SMILES string of the molecule is Nc1c(O)c2cc(F)cc(F)c2oc1=O. The number of hydrogen-bond donors (Lipinski definition) is 2. The van der Waals surface area contributed by atoms with Crippen LogP contribution in [0.5, 0.6) is 5.75 Å². The molecule has 0 atom stereocenters. The van der Waals surface area contributed by atoms with E-state index in [1.165, 1.54) is 0 Å². The highest BCUT2D eigenvalue weighted by Crippen LogP contribution is 2.29. The first kappa shape index (κ1) is 9.45. The van der Waals surface area contributed by atoms with Gasteiger partial charge in [0, 0.05) is 6.07 Å². The molecule has 0 spiro atoms. The van der Waals surface area contributed by atoms with Crippen LogP contribution in [-0.2, 0) is 0 Å². The van der Waals surface area contributed by atoms with Crippen molar-refractivity contribution in [2.75, 3.05) is 5.73 Å². The summed E-state index contributed by atoms with van der Waals surface area (Å²) in [5.74, 6) is -2.65. The summed E-state index contributed by atoms with van der Waals surface area (Å²) in [5, 5.41) is 9.10. The molecule has 3 N–H and O–H groups in total. The third-order valence-corrected chi connectivity index (χ3v) is 1.93. The zero-order valence-corrected chi connectivity index (χ0v) is 7.25. The minimum atomic E-state index is -1.07. The fraction of sp³-hybridized carbons (Fsp3) is 0. The van der Waals surface area contributed by atoms with E-state index in [0.29, 0.717) is 6.07 Å². The van der Waals surface area contributed by atoms with Gasteiger partial charge in [-0.1, -0.05) is 0 Å². The lowest BCUT2D eigenvalue weighted by atomic mass is 10.2. The Balaban J connectivity index is 3.05. The number of anilines is 1. The molecule has 4 nitrogen and oxygen atoms in total. The van der Waals surface area contributed by atoms with Crippen molar-refractivity contribution in [1.29, 1.82) is 0 Å². The number of rotatable bonds is 0. The fourth-order valence-electron chi connectivity index (χ4n) is 1.23. The Bertz CT molecular complexity index is 606. The van der Waals surface area contributed by atoms with Crippen molar-refractivity contribution >= 4 is 16.7 Å². The number of benzene rings is 1. The average molecular weight is 213 g/mol. The third kappa shape index (κ3) is 1.30. The first-order chi connectivity index (χ1) is 7.00. The van der Waals surface area contributed by atoms with E-state index in [9.17, 15) is 18.7 Å². The van der Waals surface area contributed by atoms with Crippen LogP contribution < -0.4 is 11.4 Å². The van der Waals surface area contributed by atoms with E-state index < -0.39 is 34.3 Å². The maximum Gasteiger partial charge on any atom is 0.363 e. The van der Waals surface area contributed by atoms with Gasteiger partial charge >= 0.3 is 5.63 Å². The predicted molar refractivity (Wildman–Crippen MR) is 48.5 cm³/mol. The number of fused-ring (bicyclic) bond motifs is 1. The van der Waals surface area contributed by atoms with Crippen LogP contribution in [0, 0.1) is 11.6 Å². The number of aromatic hydroxyl groups is 1. The molecule has 0 fully saturated rings. The van der Waals surface area contributed by atoms with Crippen molar-refractivity contribution in [1.82, 2.24) is 0 Å². The Morgan fingerprint density at radius 2 is 2.00 bits per heavy atom. The van der Waals surface area contributed by atoms with Crippen LogP contribution in [0.4, 0.5) is 14.5 Å². The van der Waals surface area contributed by atoms with Gasteiger partial charge in [0.1, 0.15) is 5.82 Å². The Morgan fingerprint density at radius 1 is 1.33 bits per heavy atom. The van der Waals surface area contributed by atoms with Crippen molar-refractivity contribution in [3.63, 3.8) is 0 Å². The summed E-state index contributed by atoms with van der Waals surface area (Å²) in [6.45, 7) is 0. The maximum absolute atomic E-state index is 13.1. The summed E-state index contributed by atoms with van der Waals surface area (Å²) in [5.41, 5.74) is 2.99. The van der Waals surface area contributed by atoms with Gasteiger partial charge in [-0.05, 0) is 6.07 Å². The van der Waals surface area contributed by atoms with Crippen molar-refractivity contribution in [2.24, 2.45) is 0 Å². The highest BCUT2D eigenvalue weighted by molar-refractivity contribution is 5.87. The van der Waals surface area contributed by atoms with Crippen LogP contribution in [0.2, 0.25) is 0 Å². The molecule has 2 rings (SSSR count). The van der Waals surface area contributed by atoms with Crippen LogP contribution >= 0.6 is 0 Å². The van der Waals surface area contributed by atoms with Crippen LogP contribution in [0.25, 0.3) is 11.0 Å². The number of nitrogen functional groups attached to an aromatic ring is 1. The van der Waals surface area contributed by atoms with Gasteiger partial charge in [-0.15, -0.1) is 0 Å².